The van der Waals surface area contributed by atoms with E-state index in [1.807, 2.05) is 0 Å². The van der Waals surface area contributed by atoms with E-state index in [-0.39, 0.29) is 21.5 Å². The van der Waals surface area contributed by atoms with Crippen molar-refractivity contribution in [1.82, 2.24) is 4.98 Å². The summed E-state index contributed by atoms with van der Waals surface area (Å²) in [7, 11) is 0. The number of amides is 1. The summed E-state index contributed by atoms with van der Waals surface area (Å²) in [5.41, 5.74) is 0.609. The lowest BCUT2D eigenvalue weighted by Gasteiger charge is -2.08. The third-order valence-electron chi connectivity index (χ3n) is 2.25. The van der Waals surface area contributed by atoms with Crippen molar-refractivity contribution >= 4 is 50.7 Å². The Morgan fingerprint density at radius 2 is 1.95 bits per heavy atom. The normalized spacial score (nSPS) is 10.3. The van der Waals surface area contributed by atoms with Gasteiger partial charge in [0.05, 0.1) is 10.0 Å². The van der Waals surface area contributed by atoms with Crippen molar-refractivity contribution in [3.05, 3.63) is 50.7 Å². The largest absolute Gasteiger partial charge is 0.505 e. The zero-order valence-electron chi connectivity index (χ0n) is 9.32. The van der Waals surface area contributed by atoms with E-state index in [9.17, 15) is 9.90 Å². The highest BCUT2D eigenvalue weighted by Gasteiger charge is 2.13. The molecule has 0 saturated heterocycles. The summed E-state index contributed by atoms with van der Waals surface area (Å²) < 4.78 is 0.573. The highest BCUT2D eigenvalue weighted by atomic mass is 79.9. The molecule has 0 aliphatic rings. The van der Waals surface area contributed by atoms with Gasteiger partial charge in [-0.05, 0) is 40.2 Å². The van der Waals surface area contributed by atoms with E-state index in [1.54, 1.807) is 12.1 Å². The van der Waals surface area contributed by atoms with Gasteiger partial charge < -0.3 is 10.4 Å². The van der Waals surface area contributed by atoms with Gasteiger partial charge in [-0.2, -0.15) is 0 Å². The second-order valence-electron chi connectivity index (χ2n) is 3.58. The van der Waals surface area contributed by atoms with Crippen LogP contribution in [0.3, 0.4) is 0 Å². The first-order chi connectivity index (χ1) is 8.99. The SMILES string of the molecule is O=C(Nc1cc(Cl)c(O)c(Cl)c1)c1ncccc1Br. The molecule has 1 aromatic carbocycles. The molecule has 7 heteroatoms. The van der Waals surface area contributed by atoms with Crippen LogP contribution in [0.4, 0.5) is 5.69 Å². The summed E-state index contributed by atoms with van der Waals surface area (Å²) in [6.07, 6.45) is 1.51. The third-order valence-corrected chi connectivity index (χ3v) is 3.46. The molecule has 0 spiro atoms. The number of anilines is 1. The lowest BCUT2D eigenvalue weighted by atomic mass is 10.2. The highest BCUT2D eigenvalue weighted by molar-refractivity contribution is 9.10. The van der Waals surface area contributed by atoms with E-state index in [0.717, 1.165) is 0 Å². The molecule has 0 atom stereocenters. The van der Waals surface area contributed by atoms with E-state index >= 15 is 0 Å². The minimum Gasteiger partial charge on any atom is -0.505 e. The number of aromatic hydroxyl groups is 1. The zero-order valence-corrected chi connectivity index (χ0v) is 12.4. The topological polar surface area (TPSA) is 62.2 Å². The molecule has 1 aromatic heterocycles. The number of phenolic OH excluding ortho intramolecular Hbond substituents is 1. The van der Waals surface area contributed by atoms with Crippen molar-refractivity contribution < 1.29 is 9.90 Å². The Kier molecular flexibility index (Phi) is 4.29. The van der Waals surface area contributed by atoms with Crippen molar-refractivity contribution in [2.24, 2.45) is 0 Å². The van der Waals surface area contributed by atoms with Crippen molar-refractivity contribution in [3.8, 4) is 5.75 Å². The van der Waals surface area contributed by atoms with E-state index in [2.05, 4.69) is 26.2 Å². The standard InChI is InChI=1S/C12H7BrCl2N2O2/c13-7-2-1-3-16-10(7)12(19)17-6-4-8(14)11(18)9(15)5-6/h1-5,18H,(H,17,19). The molecule has 98 valence electrons. The molecule has 2 N–H and O–H groups in total. The van der Waals surface area contributed by atoms with Crippen molar-refractivity contribution in [1.29, 1.82) is 0 Å². The summed E-state index contributed by atoms with van der Waals surface area (Å²) in [5, 5.41) is 12.1. The summed E-state index contributed by atoms with van der Waals surface area (Å²) in [6.45, 7) is 0. The summed E-state index contributed by atoms with van der Waals surface area (Å²) in [5.74, 6) is -0.634. The monoisotopic (exact) mass is 360 g/mol. The lowest BCUT2D eigenvalue weighted by molar-refractivity contribution is 0.102. The molecule has 19 heavy (non-hydrogen) atoms. The predicted octanol–water partition coefficient (Wildman–Crippen LogP) is 4.11. The highest BCUT2D eigenvalue weighted by Crippen LogP contribution is 2.34. The first-order valence-electron chi connectivity index (χ1n) is 5.09. The number of carbonyl (C=O) groups is 1. The lowest BCUT2D eigenvalue weighted by Crippen LogP contribution is -2.14. The molecular formula is C12H7BrCl2N2O2. The van der Waals surface area contributed by atoms with Gasteiger partial charge in [-0.3, -0.25) is 4.79 Å². The molecule has 0 saturated carbocycles. The van der Waals surface area contributed by atoms with Crippen LogP contribution in [0, 0.1) is 0 Å². The van der Waals surface area contributed by atoms with E-state index in [1.165, 1.54) is 18.3 Å². The van der Waals surface area contributed by atoms with Crippen molar-refractivity contribution in [2.45, 2.75) is 0 Å². The average molecular weight is 362 g/mol. The number of hydrogen-bond acceptors (Lipinski definition) is 3. The van der Waals surface area contributed by atoms with Gasteiger partial charge in [-0.25, -0.2) is 4.98 Å². The molecular weight excluding hydrogens is 355 g/mol. The molecule has 0 aliphatic carbocycles. The van der Waals surface area contributed by atoms with E-state index in [4.69, 9.17) is 23.2 Å². The Morgan fingerprint density at radius 1 is 1.32 bits per heavy atom. The van der Waals surface area contributed by atoms with Crippen LogP contribution in [-0.4, -0.2) is 16.0 Å². The van der Waals surface area contributed by atoms with Crippen LogP contribution in [-0.2, 0) is 0 Å². The number of halogens is 3. The number of aromatic nitrogens is 1. The number of nitrogens with one attached hydrogen (secondary N) is 1. The maximum atomic E-state index is 12.0. The first-order valence-corrected chi connectivity index (χ1v) is 6.64. The Bertz CT molecular complexity index is 626. The quantitative estimate of drug-likeness (QED) is 0.791. The van der Waals surface area contributed by atoms with Crippen LogP contribution in [0.15, 0.2) is 34.9 Å². The maximum Gasteiger partial charge on any atom is 0.275 e. The second-order valence-corrected chi connectivity index (χ2v) is 5.25. The van der Waals surface area contributed by atoms with Crippen molar-refractivity contribution in [2.75, 3.05) is 5.32 Å². The zero-order chi connectivity index (χ0) is 14.0. The molecule has 0 fully saturated rings. The summed E-state index contributed by atoms with van der Waals surface area (Å²) >= 11 is 14.8. The number of hydrogen-bond donors (Lipinski definition) is 2. The fraction of sp³-hybridized carbons (Fsp3) is 0. The molecule has 0 unspecified atom stereocenters. The fourth-order valence-electron chi connectivity index (χ4n) is 1.38. The molecule has 2 rings (SSSR count). The first kappa shape index (κ1) is 14.1. The third kappa shape index (κ3) is 3.18. The minimum atomic E-state index is -0.412. The number of benzene rings is 1. The fourth-order valence-corrected chi connectivity index (χ4v) is 2.30. The molecule has 0 bridgehead atoms. The van der Waals surface area contributed by atoms with Gasteiger partial charge in [0.25, 0.3) is 5.91 Å². The van der Waals surface area contributed by atoms with Gasteiger partial charge >= 0.3 is 0 Å². The molecule has 2 aromatic rings. The number of rotatable bonds is 2. The Labute approximate surface area is 127 Å². The smallest absolute Gasteiger partial charge is 0.275 e. The van der Waals surface area contributed by atoms with Crippen LogP contribution in [0.2, 0.25) is 10.0 Å². The number of pyridine rings is 1. The minimum absolute atomic E-state index is 0.0582. The number of nitrogens with zero attached hydrogens (tertiary/aromatic N) is 1. The van der Waals surface area contributed by atoms with Gasteiger partial charge in [0.2, 0.25) is 0 Å². The van der Waals surface area contributed by atoms with Crippen molar-refractivity contribution in [3.63, 3.8) is 0 Å². The number of carbonyl (C=O) groups excluding carboxylic acids is 1. The molecule has 1 amide bonds. The van der Waals surface area contributed by atoms with Gasteiger partial charge in [0.15, 0.2) is 5.75 Å². The Morgan fingerprint density at radius 3 is 2.53 bits per heavy atom. The second kappa shape index (κ2) is 5.77. The van der Waals surface area contributed by atoms with E-state index < -0.39 is 5.91 Å². The summed E-state index contributed by atoms with van der Waals surface area (Å²) in [4.78, 5) is 16.0. The molecule has 0 radical (unpaired) electrons. The van der Waals surface area contributed by atoms with E-state index in [0.29, 0.717) is 10.2 Å². The summed E-state index contributed by atoms with van der Waals surface area (Å²) in [6, 6.07) is 6.21. The Hall–Kier alpha value is -1.30. The van der Waals surface area contributed by atoms with Crippen LogP contribution in [0.25, 0.3) is 0 Å². The van der Waals surface area contributed by atoms with Crippen LogP contribution in [0.1, 0.15) is 10.5 Å². The number of phenols is 1. The van der Waals surface area contributed by atoms with Gasteiger partial charge in [-0.15, -0.1) is 0 Å². The average Bonchev–Trinajstić information content (AvgIpc) is 2.36. The molecule has 4 nitrogen and oxygen atoms in total. The van der Waals surface area contributed by atoms with Crippen LogP contribution >= 0.6 is 39.1 Å². The molecule has 1 heterocycles. The Balaban J connectivity index is 2.27. The van der Waals surface area contributed by atoms with Gasteiger partial charge in [0.1, 0.15) is 5.69 Å². The van der Waals surface area contributed by atoms with Gasteiger partial charge in [0, 0.05) is 16.4 Å². The van der Waals surface area contributed by atoms with Crippen LogP contribution < -0.4 is 5.32 Å². The van der Waals surface area contributed by atoms with Gasteiger partial charge in [-0.1, -0.05) is 23.2 Å². The van der Waals surface area contributed by atoms with Crippen LogP contribution in [0.5, 0.6) is 5.75 Å². The predicted molar refractivity (Wildman–Crippen MR) is 78.0 cm³/mol. The molecule has 0 aliphatic heterocycles. The maximum absolute atomic E-state index is 12.0.